The molecule has 166 valence electrons. The number of hydrogen-bond donors (Lipinski definition) is 1. The van der Waals surface area contributed by atoms with Gasteiger partial charge in [0.15, 0.2) is 0 Å². The Morgan fingerprint density at radius 2 is 1.81 bits per heavy atom. The van der Waals surface area contributed by atoms with Crippen molar-refractivity contribution in [3.63, 3.8) is 0 Å². The van der Waals surface area contributed by atoms with E-state index in [1.54, 1.807) is 12.1 Å². The van der Waals surface area contributed by atoms with Crippen LogP contribution in [0.25, 0.3) is 0 Å². The van der Waals surface area contributed by atoms with Gasteiger partial charge in [0.1, 0.15) is 18.8 Å². The third kappa shape index (κ3) is 5.85. The Morgan fingerprint density at radius 3 is 2.45 bits per heavy atom. The van der Waals surface area contributed by atoms with Crippen LogP contribution in [-0.2, 0) is 4.79 Å². The number of likely N-dealkylation sites (tertiary alicyclic amines) is 1. The molecule has 1 unspecified atom stereocenters. The van der Waals surface area contributed by atoms with Gasteiger partial charge in [0.2, 0.25) is 0 Å². The predicted molar refractivity (Wildman–Crippen MR) is 131 cm³/mol. The van der Waals surface area contributed by atoms with Crippen molar-refractivity contribution in [1.29, 1.82) is 0 Å². The molecule has 0 spiro atoms. The summed E-state index contributed by atoms with van der Waals surface area (Å²) in [6.07, 6.45) is 4.00. The first-order valence-corrected chi connectivity index (χ1v) is 11.9. The molecule has 0 aliphatic carbocycles. The molecule has 0 radical (unpaired) electrons. The molecule has 4 rings (SSSR count). The highest BCUT2D eigenvalue weighted by Gasteiger charge is 2.36. The second-order valence-corrected chi connectivity index (χ2v) is 10.2. The molecule has 1 saturated heterocycles. The molecule has 31 heavy (non-hydrogen) atoms. The van der Waals surface area contributed by atoms with E-state index in [2.05, 4.69) is 59.3 Å². The molecule has 2 aromatic carbocycles. The van der Waals surface area contributed by atoms with E-state index in [1.165, 1.54) is 6.42 Å². The number of anilines is 1. The van der Waals surface area contributed by atoms with E-state index in [0.29, 0.717) is 26.8 Å². The zero-order valence-electron chi connectivity index (χ0n) is 17.1. The average Bonchev–Trinajstić information content (AvgIpc) is 3.14. The summed E-state index contributed by atoms with van der Waals surface area (Å²) in [6.45, 7) is 1.90. The number of carbonyl (C=O) groups excluding carboxylic acids is 1. The summed E-state index contributed by atoms with van der Waals surface area (Å²) in [4.78, 5) is 13.1. The molecular weight excluding hydrogens is 661 g/mol. The molecule has 1 N–H and O–H groups in total. The van der Waals surface area contributed by atoms with Crippen LogP contribution < -0.4 is 34.4 Å². The normalized spacial score (nSPS) is 20.1. The van der Waals surface area contributed by atoms with E-state index < -0.39 is 0 Å². The van der Waals surface area contributed by atoms with E-state index in [-0.39, 0.29) is 35.9 Å². The smallest absolute Gasteiger partial charge is 0.312 e. The van der Waals surface area contributed by atoms with Crippen LogP contribution in [0, 0.1) is 3.57 Å². The van der Waals surface area contributed by atoms with Gasteiger partial charge in [-0.25, -0.2) is 4.59 Å². The van der Waals surface area contributed by atoms with Crippen LogP contribution in [0.15, 0.2) is 47.6 Å². The summed E-state index contributed by atoms with van der Waals surface area (Å²) in [6, 6.07) is 13.5. The maximum atomic E-state index is 13.1. The molecular formula is C22H24Cl2I2N4O. The van der Waals surface area contributed by atoms with Gasteiger partial charge < -0.3 is 24.0 Å². The lowest BCUT2D eigenvalue weighted by atomic mass is 10.0. The Morgan fingerprint density at radius 1 is 1.13 bits per heavy atom. The maximum absolute atomic E-state index is 13.1. The first kappa shape index (κ1) is 25.0. The molecule has 1 fully saturated rings. The monoisotopic (exact) mass is 684 g/mol. The lowest BCUT2D eigenvalue weighted by molar-refractivity contribution is -0.947. The second-order valence-electron chi connectivity index (χ2n) is 8.10. The zero-order valence-corrected chi connectivity index (χ0v) is 23.0. The second kappa shape index (κ2) is 10.5. The van der Waals surface area contributed by atoms with Gasteiger partial charge in [-0.05, 0) is 77.7 Å². The first-order valence-electron chi connectivity index (χ1n) is 10.1. The Hall–Kier alpha value is -0.620. The van der Waals surface area contributed by atoms with E-state index >= 15 is 0 Å². The number of hydrazone groups is 1. The van der Waals surface area contributed by atoms with Crippen LogP contribution >= 0.6 is 45.8 Å². The van der Waals surface area contributed by atoms with Crippen molar-refractivity contribution in [2.45, 2.75) is 31.7 Å². The van der Waals surface area contributed by atoms with Crippen molar-refractivity contribution >= 4 is 63.1 Å². The molecule has 0 bridgehead atoms. The number of nitrogens with zero attached hydrogens (tertiary/aromatic N) is 3. The van der Waals surface area contributed by atoms with E-state index in [1.807, 2.05) is 11.1 Å². The number of halogens is 4. The lowest BCUT2D eigenvalue weighted by Gasteiger charge is -2.36. The van der Waals surface area contributed by atoms with E-state index in [9.17, 15) is 4.79 Å². The molecule has 5 nitrogen and oxygen atoms in total. The summed E-state index contributed by atoms with van der Waals surface area (Å²) in [5.41, 5.74) is 5.55. The fourth-order valence-electron chi connectivity index (χ4n) is 4.11. The molecule has 0 saturated carbocycles. The van der Waals surface area contributed by atoms with Gasteiger partial charge in [-0.2, -0.15) is 10.5 Å². The Balaban J connectivity index is 0.00000272. The molecule has 9 heteroatoms. The first-order chi connectivity index (χ1) is 14.3. The Kier molecular flexibility index (Phi) is 8.50. The zero-order chi connectivity index (χ0) is 21.3. The van der Waals surface area contributed by atoms with Gasteiger partial charge in [0.05, 0.1) is 23.8 Å². The number of rotatable bonds is 4. The summed E-state index contributed by atoms with van der Waals surface area (Å²) in [5, 5.41) is 7.66. The molecule has 1 amide bonds. The van der Waals surface area contributed by atoms with Crippen LogP contribution in [0.4, 0.5) is 5.69 Å². The van der Waals surface area contributed by atoms with Crippen LogP contribution in [0.2, 0.25) is 10.0 Å². The predicted octanol–water partition coefficient (Wildman–Crippen LogP) is 2.57. The average molecular weight is 685 g/mol. The van der Waals surface area contributed by atoms with Crippen molar-refractivity contribution in [2.75, 3.05) is 25.1 Å². The van der Waals surface area contributed by atoms with Gasteiger partial charge in [0, 0.05) is 15.0 Å². The molecule has 0 aromatic heterocycles. The SMILES string of the molecule is C[N+]1(NC(=O)C2=NN(c3ccc(Cl)cc3Cl)C(c3ccc(I)cc3)C2)CCCCC1.[I-]. The van der Waals surface area contributed by atoms with Crippen molar-refractivity contribution in [3.8, 4) is 0 Å². The molecule has 2 aromatic rings. The highest BCUT2D eigenvalue weighted by atomic mass is 127. The summed E-state index contributed by atoms with van der Waals surface area (Å²) < 4.78 is 1.72. The third-order valence-corrected chi connectivity index (χ3v) is 7.02. The van der Waals surface area contributed by atoms with Crippen LogP contribution in [0.1, 0.15) is 37.3 Å². The summed E-state index contributed by atoms with van der Waals surface area (Å²) in [7, 11) is 2.08. The fraction of sp³-hybridized carbons (Fsp3) is 0.364. The third-order valence-electron chi connectivity index (χ3n) is 5.76. The number of benzene rings is 2. The number of amides is 1. The van der Waals surface area contributed by atoms with Crippen LogP contribution in [0.3, 0.4) is 0 Å². The van der Waals surface area contributed by atoms with Gasteiger partial charge in [0.25, 0.3) is 0 Å². The minimum absolute atomic E-state index is 0. The highest BCUT2D eigenvalue weighted by molar-refractivity contribution is 14.1. The van der Waals surface area contributed by atoms with E-state index in [4.69, 9.17) is 28.3 Å². The lowest BCUT2D eigenvalue weighted by Crippen LogP contribution is -3.00. The topological polar surface area (TPSA) is 44.7 Å². The quantitative estimate of drug-likeness (QED) is 0.398. The fourth-order valence-corrected chi connectivity index (χ4v) is 4.97. The van der Waals surface area contributed by atoms with Crippen molar-refractivity contribution in [3.05, 3.63) is 61.6 Å². The minimum Gasteiger partial charge on any atom is -1.00 e. The minimum atomic E-state index is -0.109. The largest absolute Gasteiger partial charge is 1.00 e. The van der Waals surface area contributed by atoms with Crippen molar-refractivity contribution < 1.29 is 33.4 Å². The van der Waals surface area contributed by atoms with Crippen LogP contribution in [-0.4, -0.2) is 36.3 Å². The highest BCUT2D eigenvalue weighted by Crippen LogP contribution is 2.39. The maximum Gasteiger partial charge on any atom is 0.312 e. The van der Waals surface area contributed by atoms with Gasteiger partial charge in [-0.1, -0.05) is 35.3 Å². The van der Waals surface area contributed by atoms with Crippen molar-refractivity contribution in [2.24, 2.45) is 5.10 Å². The molecule has 1 atom stereocenters. The number of piperidine rings is 1. The molecule has 2 aliphatic rings. The van der Waals surface area contributed by atoms with Crippen LogP contribution in [0.5, 0.6) is 0 Å². The molecule has 2 aliphatic heterocycles. The number of nitrogens with one attached hydrogen (secondary N) is 1. The van der Waals surface area contributed by atoms with Gasteiger partial charge in [-0.3, -0.25) is 9.80 Å². The van der Waals surface area contributed by atoms with Gasteiger partial charge in [-0.15, -0.1) is 0 Å². The summed E-state index contributed by atoms with van der Waals surface area (Å²) in [5.74, 6) is -0.109. The number of hydrogen-bond acceptors (Lipinski definition) is 3. The van der Waals surface area contributed by atoms with Crippen molar-refractivity contribution in [1.82, 2.24) is 5.43 Å². The Labute approximate surface area is 223 Å². The van der Waals surface area contributed by atoms with Gasteiger partial charge >= 0.3 is 5.91 Å². The molecule has 2 heterocycles. The number of carbonyl (C=O) groups is 1. The summed E-state index contributed by atoms with van der Waals surface area (Å²) >= 11 is 14.9. The number of quaternary nitrogens is 1. The van der Waals surface area contributed by atoms with E-state index in [0.717, 1.165) is 40.8 Å². The standard InChI is InChI=1S/C22H23Cl2IN4O.HI/c1-29(11-3-2-4-12-29)27-22(30)19-14-21(15-5-8-17(25)9-6-15)28(26-19)20-10-7-16(23)13-18(20)24;/h5-10,13,21H,2-4,11-12,14H2,1H3;1H. The Bertz CT molecular complexity index is 978.